The van der Waals surface area contributed by atoms with E-state index in [1.54, 1.807) is 19.1 Å². The summed E-state index contributed by atoms with van der Waals surface area (Å²) in [7, 11) is -3.10. The van der Waals surface area contributed by atoms with Crippen LogP contribution < -0.4 is 0 Å². The summed E-state index contributed by atoms with van der Waals surface area (Å²) in [6.07, 6.45) is 1.71. The molecule has 0 spiro atoms. The van der Waals surface area contributed by atoms with E-state index in [0.717, 1.165) is 18.4 Å². The molecule has 0 aromatic heterocycles. The van der Waals surface area contributed by atoms with E-state index in [9.17, 15) is 8.42 Å². The van der Waals surface area contributed by atoms with Crippen molar-refractivity contribution in [1.82, 2.24) is 0 Å². The first kappa shape index (κ1) is 14.2. The van der Waals surface area contributed by atoms with Crippen molar-refractivity contribution in [1.29, 1.82) is 0 Å². The minimum absolute atomic E-state index is 0.126. The summed E-state index contributed by atoms with van der Waals surface area (Å²) < 4.78 is 23.2. The van der Waals surface area contributed by atoms with Crippen molar-refractivity contribution in [3.8, 4) is 0 Å². The number of benzene rings is 1. The molecule has 0 aliphatic carbocycles. The van der Waals surface area contributed by atoms with Gasteiger partial charge in [-0.2, -0.15) is 0 Å². The molecule has 0 bridgehead atoms. The number of hydrogen-bond acceptors (Lipinski definition) is 3. The molecule has 4 heteroatoms. The molecule has 1 N–H and O–H groups in total. The van der Waals surface area contributed by atoms with Gasteiger partial charge in [0.15, 0.2) is 9.84 Å². The first-order valence-electron chi connectivity index (χ1n) is 5.96. The molecule has 0 saturated carbocycles. The van der Waals surface area contributed by atoms with E-state index in [-0.39, 0.29) is 18.3 Å². The highest BCUT2D eigenvalue weighted by Gasteiger charge is 2.11. The predicted molar refractivity (Wildman–Crippen MR) is 68.7 cm³/mol. The van der Waals surface area contributed by atoms with E-state index < -0.39 is 9.84 Å². The van der Waals surface area contributed by atoms with Gasteiger partial charge in [0.1, 0.15) is 0 Å². The molecule has 0 saturated heterocycles. The van der Waals surface area contributed by atoms with Crippen LogP contribution in [0.2, 0.25) is 0 Å². The number of rotatable bonds is 6. The van der Waals surface area contributed by atoms with Crippen LogP contribution in [-0.2, 0) is 16.3 Å². The van der Waals surface area contributed by atoms with E-state index in [0.29, 0.717) is 4.90 Å². The minimum atomic E-state index is -3.10. The van der Waals surface area contributed by atoms with Gasteiger partial charge >= 0.3 is 0 Å². The van der Waals surface area contributed by atoms with Crippen LogP contribution in [0.15, 0.2) is 29.2 Å². The summed E-state index contributed by atoms with van der Waals surface area (Å²) in [6.45, 7) is 3.85. The molecule has 0 fully saturated rings. The van der Waals surface area contributed by atoms with Crippen molar-refractivity contribution in [3.05, 3.63) is 29.8 Å². The highest BCUT2D eigenvalue weighted by atomic mass is 32.2. The topological polar surface area (TPSA) is 54.4 Å². The fourth-order valence-corrected chi connectivity index (χ4v) is 2.55. The molecular weight excluding hydrogens is 236 g/mol. The fraction of sp³-hybridized carbons (Fsp3) is 0.538. The van der Waals surface area contributed by atoms with Crippen LogP contribution in [0.4, 0.5) is 0 Å². The summed E-state index contributed by atoms with van der Waals surface area (Å²) in [6, 6.07) is 6.97. The van der Waals surface area contributed by atoms with E-state index in [1.165, 1.54) is 0 Å². The number of hydrogen-bond donors (Lipinski definition) is 1. The van der Waals surface area contributed by atoms with Crippen molar-refractivity contribution in [2.75, 3.05) is 12.4 Å². The zero-order valence-electron chi connectivity index (χ0n) is 10.4. The molecule has 1 atom stereocenters. The SMILES string of the molecule is CCC(CO)Cc1ccc(S(=O)(=O)CC)cc1. The van der Waals surface area contributed by atoms with Gasteiger partial charge in [0.05, 0.1) is 10.6 Å². The highest BCUT2D eigenvalue weighted by Crippen LogP contribution is 2.16. The Morgan fingerprint density at radius 1 is 1.18 bits per heavy atom. The predicted octanol–water partition coefficient (Wildman–Crippen LogP) is 2.04. The fourth-order valence-electron chi connectivity index (χ4n) is 1.67. The quantitative estimate of drug-likeness (QED) is 0.847. The maximum absolute atomic E-state index is 11.6. The monoisotopic (exact) mass is 256 g/mol. The third-order valence-electron chi connectivity index (χ3n) is 3.02. The lowest BCUT2D eigenvalue weighted by molar-refractivity contribution is 0.222. The molecule has 0 radical (unpaired) electrons. The van der Waals surface area contributed by atoms with Crippen LogP contribution in [-0.4, -0.2) is 25.9 Å². The molecule has 3 nitrogen and oxygen atoms in total. The second-order valence-electron chi connectivity index (χ2n) is 4.21. The van der Waals surface area contributed by atoms with Crippen molar-refractivity contribution >= 4 is 9.84 Å². The van der Waals surface area contributed by atoms with Crippen molar-refractivity contribution < 1.29 is 13.5 Å². The molecule has 1 aromatic carbocycles. The first-order valence-corrected chi connectivity index (χ1v) is 7.61. The average Bonchev–Trinajstić information content (AvgIpc) is 2.36. The Balaban J connectivity index is 2.82. The first-order chi connectivity index (χ1) is 8.03. The summed E-state index contributed by atoms with van der Waals surface area (Å²) in [5, 5.41) is 9.11. The van der Waals surface area contributed by atoms with E-state index in [2.05, 4.69) is 0 Å². The van der Waals surface area contributed by atoms with Crippen LogP contribution in [0.3, 0.4) is 0 Å². The van der Waals surface area contributed by atoms with Gasteiger partial charge in [-0.1, -0.05) is 32.4 Å². The second-order valence-corrected chi connectivity index (χ2v) is 6.49. The Morgan fingerprint density at radius 2 is 1.76 bits per heavy atom. The zero-order valence-corrected chi connectivity index (χ0v) is 11.2. The van der Waals surface area contributed by atoms with Crippen molar-refractivity contribution in [2.45, 2.75) is 31.6 Å². The molecule has 0 aliphatic rings. The Morgan fingerprint density at radius 3 is 2.18 bits per heavy atom. The molecule has 0 amide bonds. The molecule has 0 heterocycles. The number of aliphatic hydroxyl groups excluding tert-OH is 1. The van der Waals surface area contributed by atoms with E-state index in [4.69, 9.17) is 5.11 Å². The van der Waals surface area contributed by atoms with Gasteiger partial charge in [-0.3, -0.25) is 0 Å². The van der Waals surface area contributed by atoms with Crippen LogP contribution in [0.25, 0.3) is 0 Å². The standard InChI is InChI=1S/C13H20O3S/c1-3-11(10-14)9-12-5-7-13(8-6-12)17(15,16)4-2/h5-8,11,14H,3-4,9-10H2,1-2H3. The van der Waals surface area contributed by atoms with Crippen LogP contribution in [0.5, 0.6) is 0 Å². The van der Waals surface area contributed by atoms with E-state index >= 15 is 0 Å². The maximum atomic E-state index is 11.6. The summed E-state index contributed by atoms with van der Waals surface area (Å²) >= 11 is 0. The van der Waals surface area contributed by atoms with Crippen LogP contribution in [0, 0.1) is 5.92 Å². The Hall–Kier alpha value is -0.870. The lowest BCUT2D eigenvalue weighted by Crippen LogP contribution is -2.08. The van der Waals surface area contributed by atoms with Crippen LogP contribution >= 0.6 is 0 Å². The number of aliphatic hydroxyl groups is 1. The maximum Gasteiger partial charge on any atom is 0.178 e. The highest BCUT2D eigenvalue weighted by molar-refractivity contribution is 7.91. The van der Waals surface area contributed by atoms with Crippen molar-refractivity contribution in [2.24, 2.45) is 5.92 Å². The average molecular weight is 256 g/mol. The van der Waals surface area contributed by atoms with E-state index in [1.807, 2.05) is 19.1 Å². The zero-order chi connectivity index (χ0) is 12.9. The van der Waals surface area contributed by atoms with Gasteiger partial charge in [0.25, 0.3) is 0 Å². The van der Waals surface area contributed by atoms with Gasteiger partial charge in [-0.15, -0.1) is 0 Å². The largest absolute Gasteiger partial charge is 0.396 e. The molecule has 1 aromatic rings. The van der Waals surface area contributed by atoms with Crippen LogP contribution in [0.1, 0.15) is 25.8 Å². The lowest BCUT2D eigenvalue weighted by Gasteiger charge is -2.11. The molecule has 96 valence electrons. The molecular formula is C13H20O3S. The second kappa shape index (κ2) is 6.17. The minimum Gasteiger partial charge on any atom is -0.396 e. The molecule has 1 rings (SSSR count). The number of sulfone groups is 1. The Bertz CT molecular complexity index is 430. The van der Waals surface area contributed by atoms with Gasteiger partial charge in [0.2, 0.25) is 0 Å². The molecule has 0 aliphatic heterocycles. The molecule has 1 unspecified atom stereocenters. The van der Waals surface area contributed by atoms with Crippen molar-refractivity contribution in [3.63, 3.8) is 0 Å². The summed E-state index contributed by atoms with van der Waals surface area (Å²) in [4.78, 5) is 0.376. The van der Waals surface area contributed by atoms with Gasteiger partial charge < -0.3 is 5.11 Å². The Labute approximate surface area is 103 Å². The molecule has 17 heavy (non-hydrogen) atoms. The lowest BCUT2D eigenvalue weighted by atomic mass is 9.98. The smallest absolute Gasteiger partial charge is 0.178 e. The normalized spacial score (nSPS) is 13.6. The van der Waals surface area contributed by atoms with Gasteiger partial charge in [-0.25, -0.2) is 8.42 Å². The third kappa shape index (κ3) is 3.82. The Kier molecular flexibility index (Phi) is 5.15. The summed E-state index contributed by atoms with van der Waals surface area (Å²) in [5.74, 6) is 0.379. The summed E-state index contributed by atoms with van der Waals surface area (Å²) in [5.41, 5.74) is 1.07. The third-order valence-corrected chi connectivity index (χ3v) is 4.77. The van der Waals surface area contributed by atoms with Gasteiger partial charge in [-0.05, 0) is 30.0 Å². The van der Waals surface area contributed by atoms with Gasteiger partial charge in [0, 0.05) is 6.61 Å².